The third-order valence-electron chi connectivity index (χ3n) is 4.33. The largest absolute Gasteiger partial charge is 0.350 e. The minimum Gasteiger partial charge on any atom is -0.350 e. The molecule has 5 nitrogen and oxygen atoms in total. The van der Waals surface area contributed by atoms with E-state index in [0.717, 1.165) is 32.5 Å². The van der Waals surface area contributed by atoms with Crippen molar-refractivity contribution in [1.29, 1.82) is 0 Å². The van der Waals surface area contributed by atoms with Gasteiger partial charge in [0.15, 0.2) is 0 Å². The molecular weight excluding hydrogens is 242 g/mol. The molecule has 0 aromatic rings. The summed E-state index contributed by atoms with van der Waals surface area (Å²) in [7, 11) is 0. The Morgan fingerprint density at radius 1 is 1.58 bits per heavy atom. The van der Waals surface area contributed by atoms with Gasteiger partial charge in [-0.25, -0.2) is 0 Å². The number of carbonyl (C=O) groups is 2. The predicted molar refractivity (Wildman–Crippen MR) is 73.6 cm³/mol. The second-order valence-electron chi connectivity index (χ2n) is 5.70. The van der Waals surface area contributed by atoms with Gasteiger partial charge in [-0.2, -0.15) is 0 Å². The lowest BCUT2D eigenvalue weighted by Crippen LogP contribution is -2.55. The van der Waals surface area contributed by atoms with Crippen LogP contribution < -0.4 is 10.6 Å². The summed E-state index contributed by atoms with van der Waals surface area (Å²) in [6, 6.07) is -0.0999. The highest BCUT2D eigenvalue weighted by atomic mass is 16.2. The molecule has 19 heavy (non-hydrogen) atoms. The van der Waals surface area contributed by atoms with Crippen molar-refractivity contribution >= 4 is 11.8 Å². The van der Waals surface area contributed by atoms with E-state index >= 15 is 0 Å². The fourth-order valence-electron chi connectivity index (χ4n) is 3.01. The van der Waals surface area contributed by atoms with Gasteiger partial charge in [0.25, 0.3) is 0 Å². The highest BCUT2D eigenvalue weighted by molar-refractivity contribution is 5.88. The van der Waals surface area contributed by atoms with Gasteiger partial charge >= 0.3 is 0 Å². The Bertz CT molecular complexity index is 346. The zero-order chi connectivity index (χ0) is 13.8. The summed E-state index contributed by atoms with van der Waals surface area (Å²) in [5.41, 5.74) is 0. The van der Waals surface area contributed by atoms with Crippen LogP contribution in [0.3, 0.4) is 0 Å². The quantitative estimate of drug-likeness (QED) is 0.780. The van der Waals surface area contributed by atoms with E-state index in [1.165, 1.54) is 0 Å². The highest BCUT2D eigenvalue weighted by Crippen LogP contribution is 2.17. The van der Waals surface area contributed by atoms with Crippen LogP contribution in [-0.2, 0) is 9.59 Å². The topological polar surface area (TPSA) is 61.4 Å². The van der Waals surface area contributed by atoms with Gasteiger partial charge in [-0.15, -0.1) is 0 Å². The minimum atomic E-state index is -0.288. The number of amides is 2. The maximum Gasteiger partial charge on any atom is 0.243 e. The molecule has 0 aromatic heterocycles. The molecule has 5 heteroatoms. The average molecular weight is 267 g/mol. The number of nitrogens with one attached hydrogen (secondary N) is 2. The van der Waals surface area contributed by atoms with Crippen LogP contribution in [0.5, 0.6) is 0 Å². The van der Waals surface area contributed by atoms with Crippen LogP contribution in [0.1, 0.15) is 39.5 Å². The van der Waals surface area contributed by atoms with Crippen LogP contribution in [0.15, 0.2) is 0 Å². The maximum atomic E-state index is 12.4. The molecular formula is C14H25N3O2. The van der Waals surface area contributed by atoms with E-state index in [0.29, 0.717) is 18.8 Å². The molecule has 2 rings (SSSR count). The highest BCUT2D eigenvalue weighted by Gasteiger charge is 2.33. The number of nitrogens with zero attached hydrogens (tertiary/aromatic N) is 1. The van der Waals surface area contributed by atoms with Gasteiger partial charge in [-0.3, -0.25) is 9.59 Å². The van der Waals surface area contributed by atoms with Gasteiger partial charge in [0.2, 0.25) is 11.8 Å². The standard InChI is InChI=1S/C14H25N3O2/c1-3-12(17-8-4-5-13(17)18)14(19)16-11-9-15-7-6-10(11)2/h10-12,15H,3-9H2,1-2H3,(H,16,19). The first-order chi connectivity index (χ1) is 9.13. The number of piperidine rings is 1. The fourth-order valence-corrected chi connectivity index (χ4v) is 3.01. The summed E-state index contributed by atoms with van der Waals surface area (Å²) < 4.78 is 0. The molecule has 3 unspecified atom stereocenters. The van der Waals surface area contributed by atoms with Crippen molar-refractivity contribution in [3.63, 3.8) is 0 Å². The molecule has 108 valence electrons. The SMILES string of the molecule is CCC(C(=O)NC1CNCCC1C)N1CCCC1=O. The molecule has 2 N–H and O–H groups in total. The van der Waals surface area contributed by atoms with Crippen LogP contribution in [0.4, 0.5) is 0 Å². The van der Waals surface area contributed by atoms with E-state index in [4.69, 9.17) is 0 Å². The monoisotopic (exact) mass is 267 g/mol. The minimum absolute atomic E-state index is 0.0123. The van der Waals surface area contributed by atoms with Crippen LogP contribution in [0.2, 0.25) is 0 Å². The smallest absolute Gasteiger partial charge is 0.243 e. The second kappa shape index (κ2) is 6.37. The van der Waals surface area contributed by atoms with Crippen molar-refractivity contribution in [2.45, 2.75) is 51.6 Å². The molecule has 2 saturated heterocycles. The maximum absolute atomic E-state index is 12.4. The van der Waals surface area contributed by atoms with E-state index in [1.807, 2.05) is 6.92 Å². The average Bonchev–Trinajstić information content (AvgIpc) is 2.80. The molecule has 2 aliphatic heterocycles. The summed E-state index contributed by atoms with van der Waals surface area (Å²) in [5.74, 6) is 0.632. The normalized spacial score (nSPS) is 29.4. The molecule has 0 aliphatic carbocycles. The zero-order valence-corrected chi connectivity index (χ0v) is 11.9. The summed E-state index contributed by atoms with van der Waals surface area (Å²) in [4.78, 5) is 25.9. The van der Waals surface area contributed by atoms with Crippen LogP contribution in [-0.4, -0.2) is 48.4 Å². The molecule has 0 saturated carbocycles. The van der Waals surface area contributed by atoms with Gasteiger partial charge in [-0.05, 0) is 31.7 Å². The van der Waals surface area contributed by atoms with E-state index in [9.17, 15) is 9.59 Å². The van der Waals surface area contributed by atoms with Crippen LogP contribution in [0.25, 0.3) is 0 Å². The summed E-state index contributed by atoms with van der Waals surface area (Å²) in [6.07, 6.45) is 3.24. The molecule has 2 heterocycles. The molecule has 0 spiro atoms. The van der Waals surface area contributed by atoms with Gasteiger partial charge < -0.3 is 15.5 Å². The van der Waals surface area contributed by atoms with Crippen molar-refractivity contribution < 1.29 is 9.59 Å². The molecule has 0 bridgehead atoms. The Morgan fingerprint density at radius 2 is 2.37 bits per heavy atom. The van der Waals surface area contributed by atoms with Crippen LogP contribution in [0, 0.1) is 5.92 Å². The number of likely N-dealkylation sites (tertiary alicyclic amines) is 1. The van der Waals surface area contributed by atoms with E-state index < -0.39 is 0 Å². The Labute approximate surface area is 115 Å². The molecule has 0 aromatic carbocycles. The number of hydrogen-bond acceptors (Lipinski definition) is 3. The van der Waals surface area contributed by atoms with Crippen molar-refractivity contribution in [3.05, 3.63) is 0 Å². The summed E-state index contributed by atoms with van der Waals surface area (Å²) in [5, 5.41) is 6.43. The second-order valence-corrected chi connectivity index (χ2v) is 5.70. The number of rotatable bonds is 4. The van der Waals surface area contributed by atoms with Gasteiger partial charge in [0.05, 0.1) is 0 Å². The molecule has 2 fully saturated rings. The summed E-state index contributed by atoms with van der Waals surface area (Å²) in [6.45, 7) is 6.72. The molecule has 2 aliphatic rings. The third-order valence-corrected chi connectivity index (χ3v) is 4.33. The van der Waals surface area contributed by atoms with Gasteiger partial charge in [-0.1, -0.05) is 13.8 Å². The molecule has 3 atom stereocenters. The first kappa shape index (κ1) is 14.3. The lowest BCUT2D eigenvalue weighted by molar-refractivity contribution is -0.138. The Kier molecular flexibility index (Phi) is 4.80. The Balaban J connectivity index is 1.94. The van der Waals surface area contributed by atoms with E-state index in [2.05, 4.69) is 17.6 Å². The lowest BCUT2D eigenvalue weighted by atomic mass is 9.94. The predicted octanol–water partition coefficient (Wildman–Crippen LogP) is 0.502. The number of hydrogen-bond donors (Lipinski definition) is 2. The molecule has 2 amide bonds. The van der Waals surface area contributed by atoms with Crippen molar-refractivity contribution in [2.24, 2.45) is 5.92 Å². The molecule has 0 radical (unpaired) electrons. The summed E-state index contributed by atoms with van der Waals surface area (Å²) >= 11 is 0. The Morgan fingerprint density at radius 3 is 2.95 bits per heavy atom. The zero-order valence-electron chi connectivity index (χ0n) is 11.9. The van der Waals surface area contributed by atoms with Crippen molar-refractivity contribution in [2.75, 3.05) is 19.6 Å². The first-order valence-electron chi connectivity index (χ1n) is 7.44. The Hall–Kier alpha value is -1.10. The van der Waals surface area contributed by atoms with Gasteiger partial charge in [0, 0.05) is 25.6 Å². The van der Waals surface area contributed by atoms with E-state index in [1.54, 1.807) is 4.90 Å². The number of carbonyl (C=O) groups excluding carboxylic acids is 2. The van der Waals surface area contributed by atoms with E-state index in [-0.39, 0.29) is 23.9 Å². The fraction of sp³-hybridized carbons (Fsp3) is 0.857. The first-order valence-corrected chi connectivity index (χ1v) is 7.44. The van der Waals surface area contributed by atoms with Crippen molar-refractivity contribution in [1.82, 2.24) is 15.5 Å². The lowest BCUT2D eigenvalue weighted by Gasteiger charge is -2.33. The van der Waals surface area contributed by atoms with Crippen molar-refractivity contribution in [3.8, 4) is 0 Å². The van der Waals surface area contributed by atoms with Gasteiger partial charge in [0.1, 0.15) is 6.04 Å². The van der Waals surface area contributed by atoms with Crippen LogP contribution >= 0.6 is 0 Å². The third kappa shape index (κ3) is 3.26.